The van der Waals surface area contributed by atoms with Crippen LogP contribution in [0.4, 0.5) is 11.7 Å². The molecule has 0 spiro atoms. The van der Waals surface area contributed by atoms with Gasteiger partial charge in [-0.15, -0.1) is 5.10 Å². The van der Waals surface area contributed by atoms with Crippen molar-refractivity contribution in [2.75, 3.05) is 11.9 Å². The molecule has 1 N–H and O–H groups in total. The lowest BCUT2D eigenvalue weighted by Gasteiger charge is -2.18. The van der Waals surface area contributed by atoms with Crippen LogP contribution in [0.2, 0.25) is 0 Å². The van der Waals surface area contributed by atoms with Crippen molar-refractivity contribution in [1.82, 2.24) is 15.5 Å². The molecule has 0 saturated heterocycles. The van der Waals surface area contributed by atoms with E-state index in [0.717, 1.165) is 12.1 Å². The summed E-state index contributed by atoms with van der Waals surface area (Å²) in [5.74, 6) is 0.594. The number of nitrogens with one attached hydrogen (secondary N) is 1. The van der Waals surface area contributed by atoms with E-state index in [0.29, 0.717) is 18.5 Å². The van der Waals surface area contributed by atoms with E-state index in [-0.39, 0.29) is 5.54 Å². The molecule has 0 saturated carbocycles. The summed E-state index contributed by atoms with van der Waals surface area (Å²) in [6.45, 7) is 9.02. The lowest BCUT2D eigenvalue weighted by atomic mass is 10.1. The molecule has 0 aliphatic heterocycles. The van der Waals surface area contributed by atoms with Crippen LogP contribution in [0.3, 0.4) is 0 Å². The first-order valence-corrected chi connectivity index (χ1v) is 7.29. The highest BCUT2D eigenvalue weighted by Crippen LogP contribution is 2.22. The van der Waals surface area contributed by atoms with Gasteiger partial charge in [0, 0.05) is 18.3 Å². The molecule has 0 aliphatic rings. The van der Waals surface area contributed by atoms with Crippen LogP contribution in [0, 0.1) is 0 Å². The molecule has 1 aromatic heterocycles. The van der Waals surface area contributed by atoms with Crippen molar-refractivity contribution in [3.63, 3.8) is 0 Å². The summed E-state index contributed by atoms with van der Waals surface area (Å²) >= 11 is 0. The van der Waals surface area contributed by atoms with Gasteiger partial charge in [-0.2, -0.15) is 0 Å². The van der Waals surface area contributed by atoms with E-state index in [1.54, 1.807) is 0 Å². The van der Waals surface area contributed by atoms with E-state index in [1.165, 1.54) is 5.56 Å². The van der Waals surface area contributed by atoms with Crippen LogP contribution < -0.4 is 10.2 Å². The number of hydrogen-bond donors (Lipinski definition) is 1. The van der Waals surface area contributed by atoms with Gasteiger partial charge in [0.2, 0.25) is 5.89 Å². The van der Waals surface area contributed by atoms with Crippen LogP contribution in [-0.4, -0.2) is 22.8 Å². The zero-order valence-corrected chi connectivity index (χ0v) is 13.5. The minimum absolute atomic E-state index is 0.0243. The maximum absolute atomic E-state index is 5.69. The summed E-state index contributed by atoms with van der Waals surface area (Å²) in [7, 11) is 1.93. The second-order valence-corrected chi connectivity index (χ2v) is 6.16. The highest BCUT2D eigenvalue weighted by atomic mass is 16.4. The molecular formula is C16H24N4O. The Labute approximate surface area is 126 Å². The van der Waals surface area contributed by atoms with Crippen molar-refractivity contribution >= 4 is 11.7 Å². The molecule has 2 rings (SSSR count). The molecule has 0 bridgehead atoms. The van der Waals surface area contributed by atoms with E-state index in [2.05, 4.69) is 67.5 Å². The molecule has 2 aromatic rings. The molecule has 0 fully saturated rings. The first-order chi connectivity index (χ1) is 9.89. The average molecular weight is 288 g/mol. The Morgan fingerprint density at radius 3 is 2.38 bits per heavy atom. The quantitative estimate of drug-likeness (QED) is 0.915. The molecule has 0 atom stereocenters. The maximum Gasteiger partial charge on any atom is 0.322 e. The van der Waals surface area contributed by atoms with E-state index in [9.17, 15) is 0 Å². The van der Waals surface area contributed by atoms with E-state index < -0.39 is 0 Å². The van der Waals surface area contributed by atoms with Gasteiger partial charge in [-0.3, -0.25) is 4.90 Å². The second-order valence-electron chi connectivity index (χ2n) is 6.16. The van der Waals surface area contributed by atoms with Crippen LogP contribution >= 0.6 is 0 Å². The molecule has 1 heterocycles. The Bertz CT molecular complexity index is 569. The Balaban J connectivity index is 2.05. The smallest absolute Gasteiger partial charge is 0.322 e. The van der Waals surface area contributed by atoms with Gasteiger partial charge < -0.3 is 9.73 Å². The molecule has 21 heavy (non-hydrogen) atoms. The van der Waals surface area contributed by atoms with Gasteiger partial charge in [-0.25, -0.2) is 0 Å². The Hall–Kier alpha value is -1.88. The fourth-order valence-electron chi connectivity index (χ4n) is 1.86. The number of anilines is 2. The van der Waals surface area contributed by atoms with Gasteiger partial charge >= 0.3 is 6.01 Å². The third-order valence-corrected chi connectivity index (χ3v) is 3.24. The molecule has 0 aliphatic carbocycles. The standard InChI is InChI=1S/C16H24N4O/c1-6-12-7-9-13(10-8-12)20(5)15-19-18-14(21-15)11-17-16(2,3)4/h7-10,17H,6,11H2,1-5H3. The summed E-state index contributed by atoms with van der Waals surface area (Å²) < 4.78 is 5.69. The molecule has 0 unspecified atom stereocenters. The van der Waals surface area contributed by atoms with Crippen LogP contribution in [0.5, 0.6) is 0 Å². The van der Waals surface area contributed by atoms with E-state index in [4.69, 9.17) is 4.42 Å². The van der Waals surface area contributed by atoms with E-state index in [1.807, 2.05) is 11.9 Å². The zero-order valence-electron chi connectivity index (χ0n) is 13.5. The third kappa shape index (κ3) is 4.29. The summed E-state index contributed by atoms with van der Waals surface area (Å²) in [6.07, 6.45) is 1.03. The summed E-state index contributed by atoms with van der Waals surface area (Å²) in [6, 6.07) is 8.87. The topological polar surface area (TPSA) is 54.2 Å². The molecule has 5 nitrogen and oxygen atoms in total. The van der Waals surface area contributed by atoms with Gasteiger partial charge in [-0.05, 0) is 44.9 Å². The average Bonchev–Trinajstić information content (AvgIpc) is 2.93. The van der Waals surface area contributed by atoms with Crippen molar-refractivity contribution in [2.45, 2.75) is 46.2 Å². The summed E-state index contributed by atoms with van der Waals surface area (Å²) in [5, 5.41) is 11.5. The maximum atomic E-state index is 5.69. The molecule has 0 radical (unpaired) electrons. The van der Waals surface area contributed by atoms with Gasteiger partial charge in [0.25, 0.3) is 0 Å². The van der Waals surface area contributed by atoms with Crippen LogP contribution in [0.25, 0.3) is 0 Å². The molecule has 114 valence electrons. The number of rotatable bonds is 5. The molecule has 1 aromatic carbocycles. The predicted molar refractivity (Wildman–Crippen MR) is 84.8 cm³/mol. The van der Waals surface area contributed by atoms with Crippen LogP contribution in [0.15, 0.2) is 28.7 Å². The SMILES string of the molecule is CCc1ccc(N(C)c2nnc(CNC(C)(C)C)o2)cc1. The highest BCUT2D eigenvalue weighted by molar-refractivity contribution is 5.55. The van der Waals surface area contributed by atoms with Crippen LogP contribution in [0.1, 0.15) is 39.1 Å². The lowest BCUT2D eigenvalue weighted by molar-refractivity contribution is 0.382. The molecule has 0 amide bonds. The second kappa shape index (κ2) is 6.26. The Kier molecular flexibility index (Phi) is 4.63. The number of hydrogen-bond acceptors (Lipinski definition) is 5. The summed E-state index contributed by atoms with van der Waals surface area (Å²) in [5.41, 5.74) is 2.37. The van der Waals surface area contributed by atoms with Gasteiger partial charge in [-0.1, -0.05) is 24.2 Å². The fraction of sp³-hybridized carbons (Fsp3) is 0.500. The predicted octanol–water partition coefficient (Wildman–Crippen LogP) is 3.29. The number of nitrogens with zero attached hydrogens (tertiary/aromatic N) is 3. The van der Waals surface area contributed by atoms with Gasteiger partial charge in [0.05, 0.1) is 6.54 Å². The van der Waals surface area contributed by atoms with Gasteiger partial charge in [0.1, 0.15) is 0 Å². The number of benzene rings is 1. The van der Waals surface area contributed by atoms with Crippen molar-refractivity contribution in [1.29, 1.82) is 0 Å². The first kappa shape index (κ1) is 15.5. The normalized spacial score (nSPS) is 11.7. The van der Waals surface area contributed by atoms with Crippen molar-refractivity contribution < 1.29 is 4.42 Å². The molecular weight excluding hydrogens is 264 g/mol. The fourth-order valence-corrected chi connectivity index (χ4v) is 1.86. The Morgan fingerprint density at radius 1 is 1.14 bits per heavy atom. The van der Waals surface area contributed by atoms with Crippen molar-refractivity contribution in [2.24, 2.45) is 0 Å². The van der Waals surface area contributed by atoms with Gasteiger partial charge in [0.15, 0.2) is 0 Å². The number of aryl methyl sites for hydroxylation is 1. The Morgan fingerprint density at radius 2 is 1.81 bits per heavy atom. The highest BCUT2D eigenvalue weighted by Gasteiger charge is 2.15. The minimum atomic E-state index is 0.0243. The van der Waals surface area contributed by atoms with Crippen LogP contribution in [-0.2, 0) is 13.0 Å². The summed E-state index contributed by atoms with van der Waals surface area (Å²) in [4.78, 5) is 1.90. The number of aromatic nitrogens is 2. The third-order valence-electron chi connectivity index (χ3n) is 3.24. The zero-order chi connectivity index (χ0) is 15.5. The lowest BCUT2D eigenvalue weighted by Crippen LogP contribution is -2.35. The van der Waals surface area contributed by atoms with Crippen molar-refractivity contribution in [3.8, 4) is 0 Å². The van der Waals surface area contributed by atoms with E-state index >= 15 is 0 Å². The monoisotopic (exact) mass is 288 g/mol. The first-order valence-electron chi connectivity index (χ1n) is 7.29. The largest absolute Gasteiger partial charge is 0.406 e. The van der Waals surface area contributed by atoms with Crippen molar-refractivity contribution in [3.05, 3.63) is 35.7 Å². The molecule has 5 heteroatoms. The minimum Gasteiger partial charge on any atom is -0.406 e.